The lowest BCUT2D eigenvalue weighted by atomic mass is 9.73. The van der Waals surface area contributed by atoms with Gasteiger partial charge in [0.25, 0.3) is 5.91 Å². The number of methoxy groups -OCH3 is 2. The predicted octanol–water partition coefficient (Wildman–Crippen LogP) is 3.65. The van der Waals surface area contributed by atoms with E-state index in [0.29, 0.717) is 18.7 Å². The molecule has 2 aromatic rings. The summed E-state index contributed by atoms with van der Waals surface area (Å²) in [5.41, 5.74) is 2.69. The van der Waals surface area contributed by atoms with Gasteiger partial charge in [0.15, 0.2) is 11.6 Å². The van der Waals surface area contributed by atoms with E-state index in [2.05, 4.69) is 36.1 Å². The molecule has 0 aliphatic carbocycles. The second-order valence-corrected chi connectivity index (χ2v) is 7.92. The molecule has 154 valence electrons. The van der Waals surface area contributed by atoms with Gasteiger partial charge in [0.1, 0.15) is 0 Å². The minimum absolute atomic E-state index is 0.0913. The summed E-state index contributed by atoms with van der Waals surface area (Å²) in [6.45, 7) is 4.18. The molecule has 2 saturated heterocycles. The highest BCUT2D eigenvalue weighted by molar-refractivity contribution is 5.94. The molecule has 2 aromatic carbocycles. The van der Waals surface area contributed by atoms with E-state index in [1.54, 1.807) is 13.2 Å². The van der Waals surface area contributed by atoms with Gasteiger partial charge in [-0.3, -0.25) is 4.79 Å². The predicted molar refractivity (Wildman–Crippen MR) is 110 cm³/mol. The largest absolute Gasteiger partial charge is 0.494 e. The number of piperidine rings is 1. The molecule has 0 bridgehead atoms. The van der Waals surface area contributed by atoms with E-state index in [-0.39, 0.29) is 23.3 Å². The van der Waals surface area contributed by atoms with Gasteiger partial charge in [-0.1, -0.05) is 17.7 Å². The Kier molecular flexibility index (Phi) is 5.21. The topological polar surface area (TPSA) is 42.0 Å². The molecule has 0 saturated carbocycles. The summed E-state index contributed by atoms with van der Waals surface area (Å²) in [4.78, 5) is 17.1. The SMILES string of the molecule is COc1ccc(C(=O)N2CCC3(CC2)C(OC)CN3c2ccc(C)cc2)cc1F. The molecule has 1 spiro atoms. The van der Waals surface area contributed by atoms with E-state index in [1.807, 2.05) is 4.90 Å². The van der Waals surface area contributed by atoms with E-state index in [0.717, 1.165) is 19.4 Å². The van der Waals surface area contributed by atoms with E-state index < -0.39 is 5.82 Å². The number of likely N-dealkylation sites (tertiary alicyclic amines) is 1. The zero-order chi connectivity index (χ0) is 20.6. The fraction of sp³-hybridized carbons (Fsp3) is 0.435. The first-order valence-electron chi connectivity index (χ1n) is 9.98. The summed E-state index contributed by atoms with van der Waals surface area (Å²) < 4.78 is 24.7. The van der Waals surface area contributed by atoms with Crippen molar-refractivity contribution < 1.29 is 18.7 Å². The first kappa shape index (κ1) is 19.7. The van der Waals surface area contributed by atoms with Gasteiger partial charge in [-0.15, -0.1) is 0 Å². The third-order valence-electron chi connectivity index (χ3n) is 6.43. The van der Waals surface area contributed by atoms with Gasteiger partial charge in [-0.2, -0.15) is 0 Å². The third-order valence-corrected chi connectivity index (χ3v) is 6.43. The molecule has 6 heteroatoms. The summed E-state index contributed by atoms with van der Waals surface area (Å²) in [5, 5.41) is 0. The fourth-order valence-electron chi connectivity index (χ4n) is 4.63. The molecule has 0 radical (unpaired) electrons. The Bertz CT molecular complexity index is 891. The minimum atomic E-state index is -0.518. The standard InChI is InChI=1S/C23H27FN2O3/c1-16-4-7-18(8-5-16)26-15-21(29-3)23(26)10-12-25(13-11-23)22(27)17-6-9-20(28-2)19(24)14-17/h4-9,14,21H,10-13,15H2,1-3H3. The van der Waals surface area contributed by atoms with Crippen molar-refractivity contribution in [3.8, 4) is 5.75 Å². The second kappa shape index (κ2) is 7.67. The summed E-state index contributed by atoms with van der Waals surface area (Å²) in [6.07, 6.45) is 1.80. The summed E-state index contributed by atoms with van der Waals surface area (Å²) in [7, 11) is 3.17. The fourth-order valence-corrected chi connectivity index (χ4v) is 4.63. The Hall–Kier alpha value is -2.60. The Morgan fingerprint density at radius 3 is 2.38 bits per heavy atom. The van der Waals surface area contributed by atoms with Crippen molar-refractivity contribution in [1.29, 1.82) is 0 Å². The van der Waals surface area contributed by atoms with Crippen LogP contribution in [0.3, 0.4) is 0 Å². The van der Waals surface area contributed by atoms with Gasteiger partial charge in [0.05, 0.1) is 18.8 Å². The number of ether oxygens (including phenoxy) is 2. The van der Waals surface area contributed by atoms with Crippen LogP contribution in [0.5, 0.6) is 5.75 Å². The lowest BCUT2D eigenvalue weighted by Crippen LogP contribution is -2.74. The van der Waals surface area contributed by atoms with Crippen molar-refractivity contribution in [3.63, 3.8) is 0 Å². The van der Waals surface area contributed by atoms with E-state index in [9.17, 15) is 9.18 Å². The minimum Gasteiger partial charge on any atom is -0.494 e. The number of amides is 1. The summed E-state index contributed by atoms with van der Waals surface area (Å²) >= 11 is 0. The third kappa shape index (κ3) is 3.35. The van der Waals surface area contributed by atoms with Crippen molar-refractivity contribution in [1.82, 2.24) is 4.90 Å². The van der Waals surface area contributed by atoms with Gasteiger partial charge < -0.3 is 19.3 Å². The molecule has 2 aliphatic heterocycles. The second-order valence-electron chi connectivity index (χ2n) is 7.92. The maximum atomic E-state index is 14.0. The van der Waals surface area contributed by atoms with Crippen LogP contribution in [0.4, 0.5) is 10.1 Å². The van der Waals surface area contributed by atoms with Crippen molar-refractivity contribution in [3.05, 3.63) is 59.4 Å². The molecular formula is C23H27FN2O3. The number of halogens is 1. The van der Waals surface area contributed by atoms with Crippen LogP contribution in [0.25, 0.3) is 0 Å². The summed E-state index contributed by atoms with van der Waals surface area (Å²) in [5.74, 6) is -0.516. The number of hydrogen-bond donors (Lipinski definition) is 0. The molecule has 2 fully saturated rings. The zero-order valence-electron chi connectivity index (χ0n) is 17.2. The van der Waals surface area contributed by atoms with Gasteiger partial charge in [-0.25, -0.2) is 4.39 Å². The molecule has 1 unspecified atom stereocenters. The van der Waals surface area contributed by atoms with E-state index in [4.69, 9.17) is 9.47 Å². The number of rotatable bonds is 4. The number of carbonyl (C=O) groups is 1. The molecule has 0 aromatic heterocycles. The number of benzene rings is 2. The first-order valence-corrected chi connectivity index (χ1v) is 9.98. The van der Waals surface area contributed by atoms with Crippen LogP contribution < -0.4 is 9.64 Å². The molecule has 4 rings (SSSR count). The highest BCUT2D eigenvalue weighted by Crippen LogP contribution is 2.44. The Balaban J connectivity index is 1.48. The van der Waals surface area contributed by atoms with Crippen molar-refractivity contribution in [2.45, 2.75) is 31.4 Å². The molecule has 29 heavy (non-hydrogen) atoms. The number of anilines is 1. The van der Waals surface area contributed by atoms with Gasteiger partial charge >= 0.3 is 0 Å². The lowest BCUT2D eigenvalue weighted by molar-refractivity contribution is -0.0433. The van der Waals surface area contributed by atoms with Crippen molar-refractivity contribution >= 4 is 11.6 Å². The Labute approximate surface area is 171 Å². The molecule has 1 atom stereocenters. The first-order chi connectivity index (χ1) is 14.0. The van der Waals surface area contributed by atoms with Crippen LogP contribution in [0.1, 0.15) is 28.8 Å². The normalized spacial score (nSPS) is 20.5. The Morgan fingerprint density at radius 1 is 1.10 bits per heavy atom. The van der Waals surface area contributed by atoms with E-state index in [1.165, 1.54) is 30.5 Å². The van der Waals surface area contributed by atoms with Crippen LogP contribution in [0.2, 0.25) is 0 Å². The van der Waals surface area contributed by atoms with Gasteiger partial charge in [-0.05, 0) is 50.1 Å². The molecule has 2 heterocycles. The highest BCUT2D eigenvalue weighted by Gasteiger charge is 2.55. The molecule has 2 aliphatic rings. The van der Waals surface area contributed by atoms with Crippen LogP contribution >= 0.6 is 0 Å². The summed E-state index contributed by atoms with van der Waals surface area (Å²) in [6, 6.07) is 12.9. The average Bonchev–Trinajstić information content (AvgIpc) is 2.74. The Morgan fingerprint density at radius 2 is 1.79 bits per heavy atom. The maximum absolute atomic E-state index is 14.0. The highest BCUT2D eigenvalue weighted by atomic mass is 19.1. The smallest absolute Gasteiger partial charge is 0.253 e. The maximum Gasteiger partial charge on any atom is 0.253 e. The lowest BCUT2D eigenvalue weighted by Gasteiger charge is -2.61. The molecule has 1 amide bonds. The van der Waals surface area contributed by atoms with Crippen molar-refractivity contribution in [2.24, 2.45) is 0 Å². The quantitative estimate of drug-likeness (QED) is 0.788. The number of hydrogen-bond acceptors (Lipinski definition) is 4. The zero-order valence-corrected chi connectivity index (χ0v) is 17.2. The molecule has 0 N–H and O–H groups in total. The number of aryl methyl sites for hydroxylation is 1. The van der Waals surface area contributed by atoms with Crippen LogP contribution in [0, 0.1) is 12.7 Å². The van der Waals surface area contributed by atoms with Crippen LogP contribution in [-0.2, 0) is 4.74 Å². The van der Waals surface area contributed by atoms with Gasteiger partial charge in [0, 0.05) is 38.0 Å². The number of carbonyl (C=O) groups excluding carboxylic acids is 1. The molecular weight excluding hydrogens is 371 g/mol. The monoisotopic (exact) mass is 398 g/mol. The van der Waals surface area contributed by atoms with Crippen LogP contribution in [-0.4, -0.2) is 56.3 Å². The van der Waals surface area contributed by atoms with E-state index >= 15 is 0 Å². The van der Waals surface area contributed by atoms with Crippen molar-refractivity contribution in [2.75, 3.05) is 38.8 Å². The average molecular weight is 398 g/mol. The molecule has 5 nitrogen and oxygen atoms in total. The number of nitrogens with zero attached hydrogens (tertiary/aromatic N) is 2. The van der Waals surface area contributed by atoms with Crippen LogP contribution in [0.15, 0.2) is 42.5 Å². The van der Waals surface area contributed by atoms with Gasteiger partial charge in [0.2, 0.25) is 0 Å².